The number of aromatic amines is 1. The van der Waals surface area contributed by atoms with Gasteiger partial charge in [-0.05, 0) is 30.2 Å². The Hall–Kier alpha value is -3.02. The molecule has 118 valence electrons. The van der Waals surface area contributed by atoms with Crippen molar-refractivity contribution in [2.75, 3.05) is 11.9 Å². The molecule has 2 amide bonds. The fourth-order valence-electron chi connectivity index (χ4n) is 2.51. The minimum Gasteiger partial charge on any atom is -0.361 e. The maximum Gasteiger partial charge on any atom is 0.319 e. The summed E-state index contributed by atoms with van der Waals surface area (Å²) in [7, 11) is 1.64. The highest BCUT2D eigenvalue weighted by Crippen LogP contribution is 2.17. The van der Waals surface area contributed by atoms with Gasteiger partial charge in [-0.15, -0.1) is 0 Å². The van der Waals surface area contributed by atoms with Crippen LogP contribution in [0.1, 0.15) is 5.56 Å². The first kappa shape index (κ1) is 14.9. The molecule has 3 rings (SSSR count). The van der Waals surface area contributed by atoms with Crippen molar-refractivity contribution in [3.05, 3.63) is 64.7 Å². The standard InChI is InChI=1S/C17H18N4O2/c1-21-10-4-7-15(16(21)22)20-17(23)18-9-8-12-11-19-14-6-3-2-5-13(12)14/h2-7,10-11,19H,8-9H2,1H3,(H2,18,20,23). The number of aromatic nitrogens is 2. The Kier molecular flexibility index (Phi) is 4.14. The Morgan fingerprint density at radius 3 is 2.91 bits per heavy atom. The van der Waals surface area contributed by atoms with Gasteiger partial charge in [-0.3, -0.25) is 4.79 Å². The summed E-state index contributed by atoms with van der Waals surface area (Å²) < 4.78 is 1.42. The fraction of sp³-hybridized carbons (Fsp3) is 0.176. The molecular weight excluding hydrogens is 292 g/mol. The minimum atomic E-state index is -0.381. The van der Waals surface area contributed by atoms with Crippen LogP contribution in [0.2, 0.25) is 0 Å². The molecule has 0 spiro atoms. The SMILES string of the molecule is Cn1cccc(NC(=O)NCCc2c[nH]c3ccccc23)c1=O. The van der Waals surface area contributed by atoms with E-state index in [-0.39, 0.29) is 17.3 Å². The van der Waals surface area contributed by atoms with E-state index in [1.807, 2.05) is 24.4 Å². The molecule has 3 aromatic rings. The molecule has 3 N–H and O–H groups in total. The van der Waals surface area contributed by atoms with Crippen LogP contribution < -0.4 is 16.2 Å². The third kappa shape index (κ3) is 3.26. The van der Waals surface area contributed by atoms with Crippen LogP contribution in [0.4, 0.5) is 10.5 Å². The molecule has 0 aliphatic rings. The number of para-hydroxylation sites is 1. The lowest BCUT2D eigenvalue weighted by Gasteiger charge is -2.07. The fourth-order valence-corrected chi connectivity index (χ4v) is 2.51. The number of pyridine rings is 1. The zero-order valence-corrected chi connectivity index (χ0v) is 12.8. The zero-order valence-electron chi connectivity index (χ0n) is 12.8. The van der Waals surface area contributed by atoms with Crippen LogP contribution in [-0.2, 0) is 13.5 Å². The number of urea groups is 1. The van der Waals surface area contributed by atoms with Crippen LogP contribution in [0.5, 0.6) is 0 Å². The van der Waals surface area contributed by atoms with Gasteiger partial charge in [0, 0.05) is 36.9 Å². The topological polar surface area (TPSA) is 78.9 Å². The van der Waals surface area contributed by atoms with Gasteiger partial charge in [0.1, 0.15) is 5.69 Å². The summed E-state index contributed by atoms with van der Waals surface area (Å²) in [6.45, 7) is 0.487. The first-order chi connectivity index (χ1) is 11.1. The molecular formula is C17H18N4O2. The number of carbonyl (C=O) groups is 1. The van der Waals surface area contributed by atoms with Gasteiger partial charge in [-0.2, -0.15) is 0 Å². The Bertz CT molecular complexity index is 895. The number of fused-ring (bicyclic) bond motifs is 1. The largest absolute Gasteiger partial charge is 0.361 e. The molecule has 0 radical (unpaired) electrons. The molecule has 0 bridgehead atoms. The number of nitrogens with zero attached hydrogens (tertiary/aromatic N) is 1. The Labute approximate surface area is 133 Å². The number of anilines is 1. The summed E-state index contributed by atoms with van der Waals surface area (Å²) in [5.41, 5.74) is 2.26. The van der Waals surface area contributed by atoms with Gasteiger partial charge in [-0.25, -0.2) is 4.79 Å². The zero-order chi connectivity index (χ0) is 16.2. The summed E-state index contributed by atoms with van der Waals surface area (Å²) in [6, 6.07) is 11.0. The second kappa shape index (κ2) is 6.39. The first-order valence-corrected chi connectivity index (χ1v) is 7.40. The van der Waals surface area contributed by atoms with E-state index in [0.29, 0.717) is 13.0 Å². The van der Waals surface area contributed by atoms with E-state index in [1.165, 1.54) is 4.57 Å². The van der Waals surface area contributed by atoms with E-state index in [4.69, 9.17) is 0 Å². The quantitative estimate of drug-likeness (QED) is 0.691. The summed E-state index contributed by atoms with van der Waals surface area (Å²) >= 11 is 0. The number of rotatable bonds is 4. The molecule has 2 heterocycles. The Morgan fingerprint density at radius 1 is 1.22 bits per heavy atom. The number of hydrogen-bond donors (Lipinski definition) is 3. The van der Waals surface area contributed by atoms with Crippen molar-refractivity contribution < 1.29 is 4.79 Å². The molecule has 0 fully saturated rings. The minimum absolute atomic E-state index is 0.237. The molecule has 0 atom stereocenters. The number of aryl methyl sites for hydroxylation is 1. The highest BCUT2D eigenvalue weighted by Gasteiger charge is 2.07. The molecule has 0 saturated carbocycles. The smallest absolute Gasteiger partial charge is 0.319 e. The van der Waals surface area contributed by atoms with Crippen molar-refractivity contribution in [3.8, 4) is 0 Å². The van der Waals surface area contributed by atoms with Crippen LogP contribution in [0, 0.1) is 0 Å². The van der Waals surface area contributed by atoms with Crippen molar-refractivity contribution in [1.29, 1.82) is 0 Å². The van der Waals surface area contributed by atoms with Crippen LogP contribution in [0.3, 0.4) is 0 Å². The number of hydrogen-bond acceptors (Lipinski definition) is 2. The van der Waals surface area contributed by atoms with Crippen LogP contribution in [-0.4, -0.2) is 22.1 Å². The second-order valence-electron chi connectivity index (χ2n) is 5.33. The van der Waals surface area contributed by atoms with Gasteiger partial charge >= 0.3 is 6.03 Å². The number of nitrogens with one attached hydrogen (secondary N) is 3. The average Bonchev–Trinajstić information content (AvgIpc) is 2.95. The molecule has 23 heavy (non-hydrogen) atoms. The highest BCUT2D eigenvalue weighted by molar-refractivity contribution is 5.89. The van der Waals surface area contributed by atoms with Gasteiger partial charge in [0.25, 0.3) is 5.56 Å². The van der Waals surface area contributed by atoms with E-state index in [0.717, 1.165) is 16.5 Å². The van der Waals surface area contributed by atoms with Crippen LogP contribution in [0.25, 0.3) is 10.9 Å². The van der Waals surface area contributed by atoms with E-state index in [1.54, 1.807) is 25.4 Å². The van der Waals surface area contributed by atoms with E-state index in [9.17, 15) is 9.59 Å². The average molecular weight is 310 g/mol. The van der Waals surface area contributed by atoms with Crippen LogP contribution >= 0.6 is 0 Å². The van der Waals surface area contributed by atoms with Gasteiger partial charge in [0.2, 0.25) is 0 Å². The van der Waals surface area contributed by atoms with Crippen molar-refractivity contribution >= 4 is 22.6 Å². The molecule has 0 unspecified atom stereocenters. The maximum absolute atomic E-state index is 11.9. The lowest BCUT2D eigenvalue weighted by molar-refractivity contribution is 0.252. The number of H-pyrrole nitrogens is 1. The van der Waals surface area contributed by atoms with Crippen LogP contribution in [0.15, 0.2) is 53.6 Å². The third-order valence-electron chi connectivity index (χ3n) is 3.73. The van der Waals surface area contributed by atoms with Crippen molar-refractivity contribution in [1.82, 2.24) is 14.9 Å². The molecule has 6 heteroatoms. The summed E-state index contributed by atoms with van der Waals surface area (Å²) in [5, 5.41) is 6.50. The second-order valence-corrected chi connectivity index (χ2v) is 5.33. The first-order valence-electron chi connectivity index (χ1n) is 7.40. The number of amides is 2. The van der Waals surface area contributed by atoms with Gasteiger partial charge in [-0.1, -0.05) is 18.2 Å². The van der Waals surface area contributed by atoms with Gasteiger partial charge in [0.05, 0.1) is 0 Å². The van der Waals surface area contributed by atoms with E-state index in [2.05, 4.69) is 21.7 Å². The Morgan fingerprint density at radius 2 is 2.04 bits per heavy atom. The Balaban J connectivity index is 1.57. The molecule has 6 nitrogen and oxygen atoms in total. The number of benzene rings is 1. The van der Waals surface area contributed by atoms with Crippen molar-refractivity contribution in [2.45, 2.75) is 6.42 Å². The monoisotopic (exact) mass is 310 g/mol. The van der Waals surface area contributed by atoms with E-state index >= 15 is 0 Å². The molecule has 0 saturated heterocycles. The van der Waals surface area contributed by atoms with Crippen molar-refractivity contribution in [3.63, 3.8) is 0 Å². The predicted molar refractivity (Wildman–Crippen MR) is 90.7 cm³/mol. The van der Waals surface area contributed by atoms with Gasteiger partial charge < -0.3 is 20.2 Å². The molecule has 2 aromatic heterocycles. The number of carbonyl (C=O) groups excluding carboxylic acids is 1. The predicted octanol–water partition coefficient (Wildman–Crippen LogP) is 2.23. The summed E-state index contributed by atoms with van der Waals surface area (Å²) in [6.07, 6.45) is 4.31. The normalized spacial score (nSPS) is 10.7. The maximum atomic E-state index is 11.9. The molecule has 1 aromatic carbocycles. The molecule has 0 aliphatic heterocycles. The summed E-state index contributed by atoms with van der Waals surface area (Å²) in [4.78, 5) is 26.9. The lowest BCUT2D eigenvalue weighted by Crippen LogP contribution is -2.33. The lowest BCUT2D eigenvalue weighted by atomic mass is 10.1. The summed E-state index contributed by atoms with van der Waals surface area (Å²) in [5.74, 6) is 0. The molecule has 0 aliphatic carbocycles. The van der Waals surface area contributed by atoms with Crippen molar-refractivity contribution in [2.24, 2.45) is 7.05 Å². The third-order valence-corrected chi connectivity index (χ3v) is 3.73. The highest BCUT2D eigenvalue weighted by atomic mass is 16.2. The van der Waals surface area contributed by atoms with Gasteiger partial charge in [0.15, 0.2) is 0 Å². The van der Waals surface area contributed by atoms with E-state index < -0.39 is 0 Å².